The summed E-state index contributed by atoms with van der Waals surface area (Å²) in [5, 5.41) is 21.2. The van der Waals surface area contributed by atoms with E-state index >= 15 is 0 Å². The highest BCUT2D eigenvalue weighted by Gasteiger charge is 2.32. The summed E-state index contributed by atoms with van der Waals surface area (Å²) in [6, 6.07) is 0. The van der Waals surface area contributed by atoms with Crippen molar-refractivity contribution in [2.24, 2.45) is 17.8 Å². The van der Waals surface area contributed by atoms with Crippen molar-refractivity contribution in [2.45, 2.75) is 111 Å². The Morgan fingerprint density at radius 2 is 1.29 bits per heavy atom. The van der Waals surface area contributed by atoms with Crippen LogP contribution in [0, 0.1) is 17.8 Å². The predicted octanol–water partition coefficient (Wildman–Crippen LogP) is 6.11. The van der Waals surface area contributed by atoms with Crippen molar-refractivity contribution in [3.05, 3.63) is 12.2 Å². The molecule has 2 nitrogen and oxygen atoms in total. The Labute approximate surface area is 151 Å². The first-order chi connectivity index (χ1) is 11.5. The topological polar surface area (TPSA) is 40.5 Å². The molecular formula is C22H44O2. The minimum Gasteiger partial charge on any atom is -0.393 e. The lowest BCUT2D eigenvalue weighted by Gasteiger charge is -2.34. The Bertz CT molecular complexity index is 298. The SMILES string of the molecule is CCCCCC=CC(C)C(CCCC)C(O)C(CCCC)C(C)O. The summed E-state index contributed by atoms with van der Waals surface area (Å²) in [5.74, 6) is 0.627. The van der Waals surface area contributed by atoms with Crippen LogP contribution < -0.4 is 0 Å². The molecule has 0 fully saturated rings. The standard InChI is InChI=1S/C22H44O2/c1-6-9-12-13-14-15-18(4)20(16-10-7-2)22(24)21(19(5)23)17-11-8-3/h14-15,18-24H,6-13,16-17H2,1-5H3. The van der Waals surface area contributed by atoms with Crippen molar-refractivity contribution in [2.75, 3.05) is 0 Å². The molecule has 0 aromatic rings. The molecule has 0 rings (SSSR count). The van der Waals surface area contributed by atoms with Gasteiger partial charge in [0.15, 0.2) is 0 Å². The Morgan fingerprint density at radius 1 is 0.750 bits per heavy atom. The molecule has 2 N–H and O–H groups in total. The normalized spacial score (nSPS) is 18.5. The first-order valence-corrected chi connectivity index (χ1v) is 10.5. The van der Waals surface area contributed by atoms with Crippen molar-refractivity contribution in [3.8, 4) is 0 Å². The highest BCUT2D eigenvalue weighted by molar-refractivity contribution is 4.93. The maximum absolute atomic E-state index is 11.0. The van der Waals surface area contributed by atoms with Crippen molar-refractivity contribution in [1.29, 1.82) is 0 Å². The third-order valence-corrected chi connectivity index (χ3v) is 5.37. The second-order valence-electron chi connectivity index (χ2n) is 7.63. The molecule has 0 amide bonds. The van der Waals surface area contributed by atoms with Gasteiger partial charge in [0.05, 0.1) is 12.2 Å². The minimum absolute atomic E-state index is 0.00254. The first kappa shape index (κ1) is 23.7. The summed E-state index contributed by atoms with van der Waals surface area (Å²) in [6.07, 6.45) is 15.2. The molecule has 24 heavy (non-hydrogen) atoms. The summed E-state index contributed by atoms with van der Waals surface area (Å²) in [4.78, 5) is 0. The molecule has 0 saturated heterocycles. The largest absolute Gasteiger partial charge is 0.393 e. The van der Waals surface area contributed by atoms with E-state index in [9.17, 15) is 10.2 Å². The van der Waals surface area contributed by atoms with Gasteiger partial charge in [-0.25, -0.2) is 0 Å². The van der Waals surface area contributed by atoms with Gasteiger partial charge in [0.2, 0.25) is 0 Å². The Kier molecular flexibility index (Phi) is 14.7. The van der Waals surface area contributed by atoms with E-state index < -0.39 is 12.2 Å². The number of aliphatic hydroxyl groups is 2. The van der Waals surface area contributed by atoms with E-state index in [-0.39, 0.29) is 11.8 Å². The maximum atomic E-state index is 11.0. The van der Waals surface area contributed by atoms with Gasteiger partial charge in [-0.3, -0.25) is 0 Å². The average molecular weight is 341 g/mol. The van der Waals surface area contributed by atoms with Crippen LogP contribution in [0.5, 0.6) is 0 Å². The molecule has 2 heteroatoms. The van der Waals surface area contributed by atoms with E-state index in [1.807, 2.05) is 6.92 Å². The Morgan fingerprint density at radius 3 is 1.79 bits per heavy atom. The van der Waals surface area contributed by atoms with Crippen molar-refractivity contribution >= 4 is 0 Å². The summed E-state index contributed by atoms with van der Waals surface area (Å²) in [7, 11) is 0. The van der Waals surface area contributed by atoms with Crippen LogP contribution in [0.2, 0.25) is 0 Å². The smallest absolute Gasteiger partial charge is 0.0626 e. The predicted molar refractivity (Wildman–Crippen MR) is 106 cm³/mol. The Hall–Kier alpha value is -0.340. The highest BCUT2D eigenvalue weighted by Crippen LogP contribution is 2.31. The summed E-state index contributed by atoms with van der Waals surface area (Å²) in [5.41, 5.74) is 0. The zero-order chi connectivity index (χ0) is 18.4. The fraction of sp³-hybridized carbons (Fsp3) is 0.909. The molecule has 0 aliphatic rings. The second kappa shape index (κ2) is 15.0. The molecule has 5 atom stereocenters. The minimum atomic E-state index is -0.434. The maximum Gasteiger partial charge on any atom is 0.0626 e. The molecule has 0 saturated carbocycles. The van der Waals surface area contributed by atoms with Crippen LogP contribution in [0.15, 0.2) is 12.2 Å². The van der Waals surface area contributed by atoms with Gasteiger partial charge in [0.25, 0.3) is 0 Å². The Balaban J connectivity index is 4.85. The van der Waals surface area contributed by atoms with Gasteiger partial charge in [0, 0.05) is 5.92 Å². The van der Waals surface area contributed by atoms with E-state index in [1.165, 1.54) is 19.3 Å². The lowest BCUT2D eigenvalue weighted by Crippen LogP contribution is -2.38. The number of rotatable bonds is 15. The van der Waals surface area contributed by atoms with E-state index in [1.54, 1.807) is 0 Å². The summed E-state index contributed by atoms with van der Waals surface area (Å²) < 4.78 is 0. The van der Waals surface area contributed by atoms with Gasteiger partial charge >= 0.3 is 0 Å². The number of hydrogen-bond acceptors (Lipinski definition) is 2. The zero-order valence-electron chi connectivity index (χ0n) is 17.0. The molecule has 0 bridgehead atoms. The lowest BCUT2D eigenvalue weighted by molar-refractivity contribution is -0.0282. The van der Waals surface area contributed by atoms with Crippen LogP contribution in [0.3, 0.4) is 0 Å². The quantitative estimate of drug-likeness (QED) is 0.279. The van der Waals surface area contributed by atoms with E-state index in [0.717, 1.165) is 44.9 Å². The average Bonchev–Trinajstić information content (AvgIpc) is 2.55. The third kappa shape index (κ3) is 9.84. The van der Waals surface area contributed by atoms with E-state index in [0.29, 0.717) is 5.92 Å². The molecule has 0 spiro atoms. The van der Waals surface area contributed by atoms with E-state index in [4.69, 9.17) is 0 Å². The van der Waals surface area contributed by atoms with Crippen LogP contribution >= 0.6 is 0 Å². The summed E-state index contributed by atoms with van der Waals surface area (Å²) >= 11 is 0. The fourth-order valence-corrected chi connectivity index (χ4v) is 3.60. The number of hydrogen-bond donors (Lipinski definition) is 2. The van der Waals surface area contributed by atoms with Gasteiger partial charge in [-0.05, 0) is 44.4 Å². The monoisotopic (exact) mass is 340 g/mol. The molecule has 0 aliphatic carbocycles. The zero-order valence-corrected chi connectivity index (χ0v) is 17.0. The molecule has 0 aromatic carbocycles. The van der Waals surface area contributed by atoms with Gasteiger partial charge in [-0.15, -0.1) is 0 Å². The fourth-order valence-electron chi connectivity index (χ4n) is 3.60. The molecule has 5 unspecified atom stereocenters. The van der Waals surface area contributed by atoms with Crippen molar-refractivity contribution in [3.63, 3.8) is 0 Å². The lowest BCUT2D eigenvalue weighted by atomic mass is 9.76. The van der Waals surface area contributed by atoms with Crippen LogP contribution in [0.4, 0.5) is 0 Å². The molecular weight excluding hydrogens is 296 g/mol. The van der Waals surface area contributed by atoms with Gasteiger partial charge < -0.3 is 10.2 Å². The highest BCUT2D eigenvalue weighted by atomic mass is 16.3. The second-order valence-corrected chi connectivity index (χ2v) is 7.63. The van der Waals surface area contributed by atoms with Crippen LogP contribution in [-0.2, 0) is 0 Å². The molecule has 0 radical (unpaired) electrons. The molecule has 144 valence electrons. The van der Waals surface area contributed by atoms with Crippen LogP contribution in [0.1, 0.15) is 98.8 Å². The molecule has 0 aromatic heterocycles. The van der Waals surface area contributed by atoms with Crippen molar-refractivity contribution in [1.82, 2.24) is 0 Å². The van der Waals surface area contributed by atoms with Gasteiger partial charge in [-0.2, -0.15) is 0 Å². The number of unbranched alkanes of at least 4 members (excludes halogenated alkanes) is 5. The van der Waals surface area contributed by atoms with Gasteiger partial charge in [0.1, 0.15) is 0 Å². The van der Waals surface area contributed by atoms with Crippen LogP contribution in [0.25, 0.3) is 0 Å². The number of allylic oxidation sites excluding steroid dienone is 2. The molecule has 0 aliphatic heterocycles. The third-order valence-electron chi connectivity index (χ3n) is 5.37. The van der Waals surface area contributed by atoms with Gasteiger partial charge in [-0.1, -0.05) is 78.4 Å². The molecule has 0 heterocycles. The van der Waals surface area contributed by atoms with Crippen molar-refractivity contribution < 1.29 is 10.2 Å². The first-order valence-electron chi connectivity index (χ1n) is 10.5. The van der Waals surface area contributed by atoms with E-state index in [2.05, 4.69) is 39.8 Å². The summed E-state index contributed by atoms with van der Waals surface area (Å²) in [6.45, 7) is 10.7. The van der Waals surface area contributed by atoms with Crippen LogP contribution in [-0.4, -0.2) is 22.4 Å². The number of aliphatic hydroxyl groups excluding tert-OH is 2.